The predicted molar refractivity (Wildman–Crippen MR) is 103 cm³/mol. The summed E-state index contributed by atoms with van der Waals surface area (Å²) in [6.07, 6.45) is 3.00. The average molecular weight is 385 g/mol. The van der Waals surface area contributed by atoms with Crippen LogP contribution in [0.5, 0.6) is 0 Å². The van der Waals surface area contributed by atoms with E-state index < -0.39 is 15.7 Å². The Morgan fingerprint density at radius 1 is 1.04 bits per heavy atom. The fourth-order valence-electron chi connectivity index (χ4n) is 2.80. The number of aromatic amines is 1. The van der Waals surface area contributed by atoms with Gasteiger partial charge in [0.2, 0.25) is 5.91 Å². The maximum absolute atomic E-state index is 12.2. The Morgan fingerprint density at radius 2 is 1.81 bits per heavy atom. The molecule has 27 heavy (non-hydrogen) atoms. The molecule has 1 heterocycles. The zero-order chi connectivity index (χ0) is 19.4. The lowest BCUT2D eigenvalue weighted by atomic mass is 10.1. The van der Waals surface area contributed by atoms with E-state index in [1.54, 1.807) is 24.4 Å². The van der Waals surface area contributed by atoms with Crippen molar-refractivity contribution in [1.29, 1.82) is 0 Å². The summed E-state index contributed by atoms with van der Waals surface area (Å²) in [5, 5.41) is 0.951. The van der Waals surface area contributed by atoms with Crippen LogP contribution in [-0.4, -0.2) is 31.5 Å². The number of amides is 2. The van der Waals surface area contributed by atoms with Gasteiger partial charge in [0, 0.05) is 28.9 Å². The molecule has 3 N–H and O–H groups in total. The van der Waals surface area contributed by atoms with E-state index in [1.807, 2.05) is 24.3 Å². The van der Waals surface area contributed by atoms with Gasteiger partial charge in [-0.2, -0.15) is 0 Å². The SMILES string of the molecule is CS(=O)(=O)Cc1cccc(C(=O)NNC(=O)Cc2c[nH]c3ccccc23)c1. The van der Waals surface area contributed by atoms with Crippen LogP contribution in [-0.2, 0) is 26.8 Å². The van der Waals surface area contributed by atoms with Crippen molar-refractivity contribution in [3.05, 3.63) is 71.4 Å². The molecule has 0 aliphatic carbocycles. The second-order valence-corrected chi connectivity index (χ2v) is 8.45. The molecular formula is C19H19N3O4S. The standard InChI is InChI=1S/C19H19N3O4S/c1-27(25,26)12-13-5-4-6-14(9-13)19(24)22-21-18(23)10-15-11-20-17-8-3-2-7-16(15)17/h2-9,11,20H,10,12H2,1H3,(H,21,23)(H,22,24). The van der Waals surface area contributed by atoms with Crippen LogP contribution in [0.2, 0.25) is 0 Å². The number of H-pyrrole nitrogens is 1. The van der Waals surface area contributed by atoms with Gasteiger partial charge >= 0.3 is 0 Å². The Morgan fingerprint density at radius 3 is 2.59 bits per heavy atom. The number of hydrogen-bond donors (Lipinski definition) is 3. The number of para-hydroxylation sites is 1. The topological polar surface area (TPSA) is 108 Å². The minimum absolute atomic E-state index is 0.110. The van der Waals surface area contributed by atoms with Crippen molar-refractivity contribution in [2.75, 3.05) is 6.26 Å². The molecular weight excluding hydrogens is 366 g/mol. The van der Waals surface area contributed by atoms with Crippen LogP contribution in [0.1, 0.15) is 21.5 Å². The first kappa shape index (κ1) is 18.7. The lowest BCUT2D eigenvalue weighted by Crippen LogP contribution is -2.42. The van der Waals surface area contributed by atoms with Crippen molar-refractivity contribution in [3.63, 3.8) is 0 Å². The number of hydrogen-bond acceptors (Lipinski definition) is 4. The number of sulfone groups is 1. The highest BCUT2D eigenvalue weighted by Gasteiger charge is 2.12. The smallest absolute Gasteiger partial charge is 0.269 e. The maximum atomic E-state index is 12.2. The summed E-state index contributed by atoms with van der Waals surface area (Å²) in [7, 11) is -3.20. The quantitative estimate of drug-likeness (QED) is 0.581. The van der Waals surface area contributed by atoms with E-state index in [-0.39, 0.29) is 23.6 Å². The summed E-state index contributed by atoms with van der Waals surface area (Å²) in [5.74, 6) is -1.03. The molecule has 1 aromatic heterocycles. The van der Waals surface area contributed by atoms with E-state index in [9.17, 15) is 18.0 Å². The molecule has 0 saturated heterocycles. The Hall–Kier alpha value is -3.13. The Balaban J connectivity index is 1.60. The van der Waals surface area contributed by atoms with Gasteiger partial charge in [0.1, 0.15) is 0 Å². The third kappa shape index (κ3) is 4.95. The molecule has 140 valence electrons. The summed E-state index contributed by atoms with van der Waals surface area (Å²) in [6, 6.07) is 13.9. The number of benzene rings is 2. The monoisotopic (exact) mass is 385 g/mol. The fourth-order valence-corrected chi connectivity index (χ4v) is 3.58. The molecule has 0 aliphatic rings. The molecule has 2 amide bonds. The summed E-state index contributed by atoms with van der Waals surface area (Å²) in [6.45, 7) is 0. The van der Waals surface area contributed by atoms with Crippen molar-refractivity contribution in [1.82, 2.24) is 15.8 Å². The van der Waals surface area contributed by atoms with E-state index in [0.29, 0.717) is 5.56 Å². The van der Waals surface area contributed by atoms with E-state index in [4.69, 9.17) is 0 Å². The molecule has 0 radical (unpaired) electrons. The highest BCUT2D eigenvalue weighted by molar-refractivity contribution is 7.89. The first-order valence-electron chi connectivity index (χ1n) is 8.23. The summed E-state index contributed by atoms with van der Waals surface area (Å²) >= 11 is 0. The highest BCUT2D eigenvalue weighted by atomic mass is 32.2. The predicted octanol–water partition coefficient (Wildman–Crippen LogP) is 1.72. The van der Waals surface area contributed by atoms with Gasteiger partial charge in [0.25, 0.3) is 5.91 Å². The van der Waals surface area contributed by atoms with Gasteiger partial charge in [-0.1, -0.05) is 30.3 Å². The van der Waals surface area contributed by atoms with Gasteiger partial charge in [-0.05, 0) is 29.3 Å². The molecule has 0 spiro atoms. The Kier molecular flexibility index (Phi) is 5.27. The molecule has 0 aliphatic heterocycles. The number of hydrazine groups is 1. The van der Waals surface area contributed by atoms with Crippen molar-refractivity contribution >= 4 is 32.6 Å². The molecule has 2 aromatic carbocycles. The lowest BCUT2D eigenvalue weighted by molar-refractivity contribution is -0.121. The van der Waals surface area contributed by atoms with Crippen LogP contribution in [0.15, 0.2) is 54.7 Å². The first-order valence-corrected chi connectivity index (χ1v) is 10.3. The number of carbonyl (C=O) groups excluding carboxylic acids is 2. The van der Waals surface area contributed by atoms with Crippen molar-refractivity contribution in [2.24, 2.45) is 0 Å². The van der Waals surface area contributed by atoms with Crippen LogP contribution in [0.25, 0.3) is 10.9 Å². The van der Waals surface area contributed by atoms with E-state index in [2.05, 4.69) is 15.8 Å². The van der Waals surface area contributed by atoms with Crippen LogP contribution in [0, 0.1) is 0 Å². The lowest BCUT2D eigenvalue weighted by Gasteiger charge is -2.08. The molecule has 3 aromatic rings. The normalized spacial score (nSPS) is 11.3. The molecule has 8 heteroatoms. The second kappa shape index (κ2) is 7.63. The van der Waals surface area contributed by atoms with Crippen molar-refractivity contribution in [3.8, 4) is 0 Å². The fraction of sp³-hybridized carbons (Fsp3) is 0.158. The van der Waals surface area contributed by atoms with Crippen LogP contribution in [0.4, 0.5) is 0 Å². The highest BCUT2D eigenvalue weighted by Crippen LogP contribution is 2.17. The van der Waals surface area contributed by atoms with Crippen molar-refractivity contribution < 1.29 is 18.0 Å². The zero-order valence-corrected chi connectivity index (χ0v) is 15.5. The van der Waals surface area contributed by atoms with E-state index in [0.717, 1.165) is 22.7 Å². The summed E-state index contributed by atoms with van der Waals surface area (Å²) in [5.41, 5.74) is 7.27. The number of rotatable bonds is 5. The molecule has 3 rings (SSSR count). The molecule has 0 saturated carbocycles. The molecule has 0 atom stereocenters. The molecule has 0 fully saturated rings. The van der Waals surface area contributed by atoms with E-state index >= 15 is 0 Å². The number of aromatic nitrogens is 1. The van der Waals surface area contributed by atoms with Crippen LogP contribution < -0.4 is 10.9 Å². The third-order valence-corrected chi connectivity index (χ3v) is 4.82. The minimum atomic E-state index is -3.20. The minimum Gasteiger partial charge on any atom is -0.361 e. The van der Waals surface area contributed by atoms with E-state index in [1.165, 1.54) is 6.07 Å². The molecule has 0 unspecified atom stereocenters. The summed E-state index contributed by atoms with van der Waals surface area (Å²) in [4.78, 5) is 27.4. The van der Waals surface area contributed by atoms with Crippen molar-refractivity contribution in [2.45, 2.75) is 12.2 Å². The number of carbonyl (C=O) groups is 2. The Labute approximate surface area is 156 Å². The summed E-state index contributed by atoms with van der Waals surface area (Å²) < 4.78 is 22.8. The van der Waals surface area contributed by atoms with Gasteiger partial charge in [0.05, 0.1) is 12.2 Å². The largest absolute Gasteiger partial charge is 0.361 e. The molecule has 0 bridgehead atoms. The maximum Gasteiger partial charge on any atom is 0.269 e. The average Bonchev–Trinajstić information content (AvgIpc) is 3.01. The zero-order valence-electron chi connectivity index (χ0n) is 14.7. The first-order chi connectivity index (χ1) is 12.8. The van der Waals surface area contributed by atoms with Gasteiger partial charge < -0.3 is 4.98 Å². The van der Waals surface area contributed by atoms with Gasteiger partial charge in [0.15, 0.2) is 9.84 Å². The number of fused-ring (bicyclic) bond motifs is 1. The third-order valence-electron chi connectivity index (χ3n) is 3.96. The number of nitrogens with one attached hydrogen (secondary N) is 3. The van der Waals surface area contributed by atoms with Crippen LogP contribution in [0.3, 0.4) is 0 Å². The van der Waals surface area contributed by atoms with Gasteiger partial charge in [-0.25, -0.2) is 8.42 Å². The second-order valence-electron chi connectivity index (χ2n) is 6.31. The molecule has 7 nitrogen and oxygen atoms in total. The van der Waals surface area contributed by atoms with Gasteiger partial charge in [-0.15, -0.1) is 0 Å². The Bertz CT molecular complexity index is 1100. The van der Waals surface area contributed by atoms with Gasteiger partial charge in [-0.3, -0.25) is 20.4 Å². The van der Waals surface area contributed by atoms with Crippen LogP contribution >= 0.6 is 0 Å².